The molecule has 17 nitrogen and oxygen atoms in total. The van der Waals surface area contributed by atoms with Gasteiger partial charge in [-0.3, -0.25) is 37.3 Å². The van der Waals surface area contributed by atoms with Crippen LogP contribution in [0.25, 0.3) is 0 Å². The summed E-state index contributed by atoms with van der Waals surface area (Å²) in [6.45, 7) is 4.20. The van der Waals surface area contributed by atoms with Crippen LogP contribution in [0.4, 0.5) is 0 Å². The third-order valence-electron chi connectivity index (χ3n) is 15.8. The first-order chi connectivity index (χ1) is 52.7. The van der Waals surface area contributed by atoms with E-state index in [0.29, 0.717) is 25.7 Å². The number of phosphoric ester groups is 2. The molecule has 0 aliphatic carbocycles. The van der Waals surface area contributed by atoms with Crippen molar-refractivity contribution in [3.05, 3.63) is 207 Å². The van der Waals surface area contributed by atoms with E-state index in [1.165, 1.54) is 0 Å². The number of carbonyl (C=O) groups is 4. The monoisotopic (exact) mass is 1540 g/mol. The summed E-state index contributed by atoms with van der Waals surface area (Å²) in [6, 6.07) is 0. The quantitative estimate of drug-likeness (QED) is 0.0169. The number of ether oxygens (including phenoxy) is 4. The summed E-state index contributed by atoms with van der Waals surface area (Å²) in [5, 5.41) is 10.6. The highest BCUT2D eigenvalue weighted by Crippen LogP contribution is 2.45. The Hall–Kier alpha value is -6.36. The van der Waals surface area contributed by atoms with E-state index < -0.39 is 97.5 Å². The zero-order valence-corrected chi connectivity index (χ0v) is 68.2. The summed E-state index contributed by atoms with van der Waals surface area (Å²) < 4.78 is 68.5. The van der Waals surface area contributed by atoms with Crippen LogP contribution in [0.2, 0.25) is 0 Å². The highest BCUT2D eigenvalue weighted by atomic mass is 31.2. The van der Waals surface area contributed by atoms with Gasteiger partial charge in [0.25, 0.3) is 0 Å². The smallest absolute Gasteiger partial charge is 0.462 e. The lowest BCUT2D eigenvalue weighted by molar-refractivity contribution is -0.161. The molecule has 0 saturated heterocycles. The Kier molecular flexibility index (Phi) is 74.1. The first kappa shape index (κ1) is 102. The topological polar surface area (TPSA) is 237 Å². The molecule has 0 rings (SSSR count). The molecule has 0 saturated carbocycles. The number of rotatable bonds is 73. The van der Waals surface area contributed by atoms with Crippen molar-refractivity contribution in [3.8, 4) is 0 Å². The molecule has 0 amide bonds. The van der Waals surface area contributed by atoms with Crippen LogP contribution in [0.15, 0.2) is 207 Å². The Morgan fingerprint density at radius 1 is 0.269 bits per heavy atom. The average Bonchev–Trinajstić information content (AvgIpc) is 0.923. The number of hydrogen-bond donors (Lipinski definition) is 3. The number of phosphoric acid groups is 2. The van der Waals surface area contributed by atoms with E-state index in [9.17, 15) is 43.2 Å². The van der Waals surface area contributed by atoms with Gasteiger partial charge in [-0.05, 0) is 167 Å². The SMILES string of the molecule is CC/C=C\C/C=C\C/C=C\C/C=C\C/C=C\CCCCCC(=O)OCC(COP(=O)(O)OCC(O)COP(=O)(O)OCC(COC(=O)CCCCCCCC/C=C\C/C=C\C/C=C\C/C=C\CC)OC(=O)CCCCCCC/C=C\C/C=C\C/C=C\CC)OC(=O)C/C=C\C/C=C\C/C=C\C/C=C\C/C=C\CC. The molecule has 0 aromatic carbocycles. The van der Waals surface area contributed by atoms with Gasteiger partial charge < -0.3 is 33.8 Å². The first-order valence-electron chi connectivity index (χ1n) is 40.3. The molecule has 5 atom stereocenters. The van der Waals surface area contributed by atoms with Crippen LogP contribution < -0.4 is 0 Å². The highest BCUT2D eigenvalue weighted by Gasteiger charge is 2.30. The summed E-state index contributed by atoms with van der Waals surface area (Å²) >= 11 is 0. The molecular formula is C89H140O17P2. The number of aliphatic hydroxyl groups is 1. The predicted molar refractivity (Wildman–Crippen MR) is 445 cm³/mol. The lowest BCUT2D eigenvalue weighted by Crippen LogP contribution is -2.30. The minimum absolute atomic E-state index is 0.0604. The summed E-state index contributed by atoms with van der Waals surface area (Å²) in [4.78, 5) is 73.0. The van der Waals surface area contributed by atoms with Crippen LogP contribution >= 0.6 is 15.6 Å². The molecule has 0 aromatic heterocycles. The zero-order valence-electron chi connectivity index (χ0n) is 66.4. The summed E-state index contributed by atoms with van der Waals surface area (Å²) in [5.74, 6) is -2.42. The van der Waals surface area contributed by atoms with Crippen molar-refractivity contribution >= 4 is 39.5 Å². The van der Waals surface area contributed by atoms with E-state index in [1.807, 2.05) is 12.2 Å². The highest BCUT2D eigenvalue weighted by molar-refractivity contribution is 7.47. The van der Waals surface area contributed by atoms with Crippen LogP contribution in [0.3, 0.4) is 0 Å². The molecular weight excluding hydrogens is 1400 g/mol. The number of unbranched alkanes of at least 4 members (excludes halogenated alkanes) is 14. The van der Waals surface area contributed by atoms with Gasteiger partial charge in [-0.2, -0.15) is 0 Å². The zero-order chi connectivity index (χ0) is 78.9. The van der Waals surface area contributed by atoms with E-state index in [4.69, 9.17) is 37.0 Å². The molecule has 108 heavy (non-hydrogen) atoms. The van der Waals surface area contributed by atoms with Crippen molar-refractivity contribution in [3.63, 3.8) is 0 Å². The van der Waals surface area contributed by atoms with E-state index in [0.717, 1.165) is 193 Å². The normalized spacial score (nSPS) is 14.9. The van der Waals surface area contributed by atoms with Crippen LogP contribution in [-0.4, -0.2) is 96.7 Å². The second kappa shape index (κ2) is 78.8. The number of carbonyl (C=O) groups excluding carboxylic acids is 4. The lowest BCUT2D eigenvalue weighted by Gasteiger charge is -2.21. The van der Waals surface area contributed by atoms with Gasteiger partial charge in [0.2, 0.25) is 0 Å². The number of aliphatic hydroxyl groups excluding tert-OH is 1. The molecule has 0 aliphatic heterocycles. The van der Waals surface area contributed by atoms with E-state index in [-0.39, 0.29) is 25.7 Å². The van der Waals surface area contributed by atoms with Gasteiger partial charge in [-0.1, -0.05) is 286 Å². The molecule has 0 bridgehead atoms. The predicted octanol–water partition coefficient (Wildman–Crippen LogP) is 23.9. The molecule has 19 heteroatoms. The third-order valence-corrected chi connectivity index (χ3v) is 17.7. The van der Waals surface area contributed by atoms with Gasteiger partial charge in [0.15, 0.2) is 12.2 Å². The van der Waals surface area contributed by atoms with Crippen molar-refractivity contribution < 1.29 is 80.2 Å². The molecule has 0 spiro atoms. The lowest BCUT2D eigenvalue weighted by atomic mass is 10.1. The fourth-order valence-electron chi connectivity index (χ4n) is 9.80. The fraction of sp³-hybridized carbons (Fsp3) is 0.573. The average molecular weight is 1540 g/mol. The van der Waals surface area contributed by atoms with Crippen molar-refractivity contribution in [1.82, 2.24) is 0 Å². The minimum Gasteiger partial charge on any atom is -0.462 e. The largest absolute Gasteiger partial charge is 0.472 e. The molecule has 0 fully saturated rings. The molecule has 0 aliphatic rings. The minimum atomic E-state index is -5.02. The summed E-state index contributed by atoms with van der Waals surface area (Å²) in [7, 11) is -10.0. The molecule has 0 heterocycles. The molecule has 5 unspecified atom stereocenters. The van der Waals surface area contributed by atoms with Gasteiger partial charge >= 0.3 is 39.5 Å². The van der Waals surface area contributed by atoms with Gasteiger partial charge in [0, 0.05) is 19.3 Å². The van der Waals surface area contributed by atoms with Gasteiger partial charge in [0.05, 0.1) is 32.8 Å². The van der Waals surface area contributed by atoms with Gasteiger partial charge in [-0.25, -0.2) is 9.13 Å². The van der Waals surface area contributed by atoms with E-state index >= 15 is 0 Å². The van der Waals surface area contributed by atoms with Crippen LogP contribution in [0.1, 0.15) is 272 Å². The Bertz CT molecular complexity index is 2860. The second-order valence-corrected chi connectivity index (χ2v) is 28.8. The number of hydrogen-bond acceptors (Lipinski definition) is 15. The Morgan fingerprint density at radius 3 is 0.787 bits per heavy atom. The fourth-order valence-corrected chi connectivity index (χ4v) is 11.4. The van der Waals surface area contributed by atoms with Gasteiger partial charge in [0.1, 0.15) is 19.3 Å². The van der Waals surface area contributed by atoms with Gasteiger partial charge in [-0.15, -0.1) is 0 Å². The van der Waals surface area contributed by atoms with E-state index in [1.54, 1.807) is 12.2 Å². The van der Waals surface area contributed by atoms with Crippen LogP contribution in [0, 0.1) is 0 Å². The molecule has 608 valence electrons. The van der Waals surface area contributed by atoms with Crippen molar-refractivity contribution in [2.45, 2.75) is 290 Å². The third kappa shape index (κ3) is 77.8. The van der Waals surface area contributed by atoms with Crippen molar-refractivity contribution in [2.75, 3.05) is 39.6 Å². The Morgan fingerprint density at radius 2 is 0.491 bits per heavy atom. The molecule has 0 aromatic rings. The van der Waals surface area contributed by atoms with Crippen LogP contribution in [0.5, 0.6) is 0 Å². The summed E-state index contributed by atoms with van der Waals surface area (Å²) in [6.07, 6.45) is 98.4. The maximum Gasteiger partial charge on any atom is 0.472 e. The number of allylic oxidation sites excluding steroid dienone is 33. The Balaban J connectivity index is 5.50. The summed E-state index contributed by atoms with van der Waals surface area (Å²) in [5.41, 5.74) is 0. The first-order valence-corrected chi connectivity index (χ1v) is 43.3. The molecule has 3 N–H and O–H groups in total. The molecule has 0 radical (unpaired) electrons. The second-order valence-electron chi connectivity index (χ2n) is 25.8. The standard InChI is InChI=1S/C89H140O17P2/c1-5-9-13-17-21-25-29-33-37-39-41-43-47-49-53-57-61-65-69-73-86(91)99-79-84(105-88(93)75-71-67-63-59-55-51-45-35-31-27-23-19-15-11-7-3)81-103-107(95,96)101-77-83(90)78-102-108(97,98)104-82-85(106-89(94)76-72-68-64-60-56-52-46-36-32-28-24-20-16-12-8-4)80-100-87(92)74-70-66-62-58-54-50-48-44-42-40-38-34-30-26-22-18-14-10-6-2/h9-16,21-28,33-38,41-46,49,53,55,59,67,71,83-85,90H,5-8,17-20,29-32,39-40,47-48,50-52,54,56-58,60-66,68-70,72-82H2,1-4H3,(H,95,96)(H,97,98)/b13-9-,14-10-,15-11-,16-12-,25-21-,26-22-,27-23-,28-24-,37-33-,38-34-,43-41-,44-42-,45-35-,46-36-,53-49-,59-55-,71-67-. The van der Waals surface area contributed by atoms with Crippen molar-refractivity contribution in [2.24, 2.45) is 0 Å². The van der Waals surface area contributed by atoms with Crippen LogP contribution in [-0.2, 0) is 65.4 Å². The Labute approximate surface area is 652 Å². The van der Waals surface area contributed by atoms with Crippen molar-refractivity contribution in [1.29, 1.82) is 0 Å². The maximum atomic E-state index is 13.1. The maximum absolute atomic E-state index is 13.1. The number of esters is 4. The van der Waals surface area contributed by atoms with E-state index in [2.05, 4.69) is 210 Å².